The zero-order chi connectivity index (χ0) is 17.6. The second-order valence-corrected chi connectivity index (χ2v) is 7.21. The van der Waals surface area contributed by atoms with E-state index in [2.05, 4.69) is 4.90 Å². The molecule has 0 N–H and O–H groups in total. The number of hydrogen-bond acceptors (Lipinski definition) is 3. The molecule has 1 aromatic carbocycles. The summed E-state index contributed by atoms with van der Waals surface area (Å²) in [5.41, 5.74) is 1.06. The molecular weight excluding hydrogens is 319 g/mol. The summed E-state index contributed by atoms with van der Waals surface area (Å²) >= 11 is 0. The Hall–Kier alpha value is -1.46. The van der Waals surface area contributed by atoms with Crippen molar-refractivity contribution >= 4 is 5.91 Å². The Bertz CT molecular complexity index is 563. The van der Waals surface area contributed by atoms with Gasteiger partial charge in [0.05, 0.1) is 12.6 Å². The number of benzene rings is 1. The summed E-state index contributed by atoms with van der Waals surface area (Å²) in [6.45, 7) is 6.83. The average molecular weight is 348 g/mol. The molecule has 0 aromatic heterocycles. The third kappa shape index (κ3) is 4.79. The molecule has 5 heteroatoms. The van der Waals surface area contributed by atoms with E-state index in [1.54, 1.807) is 0 Å². The number of carbonyl (C=O) groups excluding carboxylic acids is 1. The van der Waals surface area contributed by atoms with Gasteiger partial charge in [0, 0.05) is 26.2 Å². The minimum Gasteiger partial charge on any atom is -0.381 e. The Balaban J connectivity index is 1.59. The van der Waals surface area contributed by atoms with Crippen LogP contribution in [0, 0.1) is 11.7 Å². The van der Waals surface area contributed by atoms with E-state index in [0.29, 0.717) is 12.5 Å². The molecule has 0 aliphatic carbocycles. The summed E-state index contributed by atoms with van der Waals surface area (Å²) in [6.07, 6.45) is 4.18. The fraction of sp³-hybridized carbons (Fsp3) is 0.650. The standard InChI is InChI=1S/C20H29FN2O2/c1-2-25-15-17-5-3-12-23(14-17)20(24)19-6-4-11-22(19)13-16-7-9-18(21)10-8-16/h7-10,17,19H,2-6,11-15H2,1H3/t17-,19+/m1/s1. The van der Waals surface area contributed by atoms with Crippen molar-refractivity contribution < 1.29 is 13.9 Å². The molecule has 2 heterocycles. The highest BCUT2D eigenvalue weighted by atomic mass is 19.1. The van der Waals surface area contributed by atoms with Gasteiger partial charge in [-0.3, -0.25) is 9.69 Å². The molecule has 1 aromatic rings. The van der Waals surface area contributed by atoms with Crippen LogP contribution in [-0.2, 0) is 16.1 Å². The number of nitrogens with zero attached hydrogens (tertiary/aromatic N) is 2. The van der Waals surface area contributed by atoms with Gasteiger partial charge in [0.2, 0.25) is 5.91 Å². The predicted octanol–water partition coefficient (Wildman–Crippen LogP) is 3.07. The first-order valence-corrected chi connectivity index (χ1v) is 9.52. The van der Waals surface area contributed by atoms with E-state index < -0.39 is 0 Å². The molecule has 4 nitrogen and oxygen atoms in total. The van der Waals surface area contributed by atoms with Crippen LogP contribution in [-0.4, -0.2) is 54.6 Å². The number of halogens is 1. The SMILES string of the molecule is CCOC[C@@H]1CCCN(C(=O)[C@@H]2CCCN2Cc2ccc(F)cc2)C1. The van der Waals surface area contributed by atoms with E-state index >= 15 is 0 Å². The molecular formula is C20H29FN2O2. The first kappa shape index (κ1) is 18.3. The topological polar surface area (TPSA) is 32.8 Å². The monoisotopic (exact) mass is 348 g/mol. The van der Waals surface area contributed by atoms with Gasteiger partial charge in [-0.1, -0.05) is 12.1 Å². The molecule has 3 rings (SSSR count). The lowest BCUT2D eigenvalue weighted by atomic mass is 9.98. The average Bonchev–Trinajstić information content (AvgIpc) is 3.09. The van der Waals surface area contributed by atoms with E-state index in [-0.39, 0.29) is 17.8 Å². The van der Waals surface area contributed by atoms with Crippen molar-refractivity contribution in [2.45, 2.75) is 45.2 Å². The number of likely N-dealkylation sites (tertiary alicyclic amines) is 2. The van der Waals surface area contributed by atoms with E-state index in [0.717, 1.165) is 64.1 Å². The number of ether oxygens (including phenoxy) is 1. The van der Waals surface area contributed by atoms with Gasteiger partial charge in [-0.05, 0) is 62.8 Å². The second-order valence-electron chi connectivity index (χ2n) is 7.21. The van der Waals surface area contributed by atoms with Crippen LogP contribution in [0.2, 0.25) is 0 Å². The Morgan fingerprint density at radius 1 is 1.20 bits per heavy atom. The Morgan fingerprint density at radius 2 is 1.96 bits per heavy atom. The maximum atomic E-state index is 13.1. The number of carbonyl (C=O) groups is 1. The molecule has 1 amide bonds. The Kier molecular flexibility index (Phi) is 6.43. The van der Waals surface area contributed by atoms with Crippen molar-refractivity contribution in [1.82, 2.24) is 9.80 Å². The normalized spacial score (nSPS) is 24.6. The van der Waals surface area contributed by atoms with Crippen molar-refractivity contribution in [3.05, 3.63) is 35.6 Å². The summed E-state index contributed by atoms with van der Waals surface area (Å²) in [5, 5.41) is 0. The summed E-state index contributed by atoms with van der Waals surface area (Å²) in [6, 6.07) is 6.58. The molecule has 0 spiro atoms. The largest absolute Gasteiger partial charge is 0.381 e. The molecule has 2 aliphatic heterocycles. The quantitative estimate of drug-likeness (QED) is 0.792. The fourth-order valence-electron chi connectivity index (χ4n) is 4.02. The van der Waals surface area contributed by atoms with Crippen LogP contribution in [0.3, 0.4) is 0 Å². The van der Waals surface area contributed by atoms with Crippen molar-refractivity contribution in [3.63, 3.8) is 0 Å². The first-order valence-electron chi connectivity index (χ1n) is 9.52. The summed E-state index contributed by atoms with van der Waals surface area (Å²) in [4.78, 5) is 17.4. The van der Waals surface area contributed by atoms with Gasteiger partial charge < -0.3 is 9.64 Å². The fourth-order valence-corrected chi connectivity index (χ4v) is 4.02. The predicted molar refractivity (Wildman–Crippen MR) is 95.6 cm³/mol. The molecule has 2 aliphatic rings. The zero-order valence-corrected chi connectivity index (χ0v) is 15.1. The second kappa shape index (κ2) is 8.77. The Morgan fingerprint density at radius 3 is 2.72 bits per heavy atom. The first-order chi connectivity index (χ1) is 12.2. The minimum absolute atomic E-state index is 0.0316. The van der Waals surface area contributed by atoms with Crippen molar-refractivity contribution in [2.75, 3.05) is 32.8 Å². The molecule has 0 radical (unpaired) electrons. The molecule has 0 bridgehead atoms. The summed E-state index contributed by atoms with van der Waals surface area (Å²) in [5.74, 6) is 0.511. The Labute approximate surface area is 149 Å². The van der Waals surface area contributed by atoms with Gasteiger partial charge in [-0.25, -0.2) is 4.39 Å². The van der Waals surface area contributed by atoms with Crippen LogP contribution in [0.15, 0.2) is 24.3 Å². The van der Waals surface area contributed by atoms with Gasteiger partial charge >= 0.3 is 0 Å². The molecule has 0 saturated carbocycles. The van der Waals surface area contributed by atoms with Crippen LogP contribution in [0.1, 0.15) is 38.2 Å². The number of hydrogen-bond donors (Lipinski definition) is 0. The third-order valence-electron chi connectivity index (χ3n) is 5.34. The molecule has 25 heavy (non-hydrogen) atoms. The molecule has 2 atom stereocenters. The van der Waals surface area contributed by atoms with E-state index in [9.17, 15) is 9.18 Å². The summed E-state index contributed by atoms with van der Waals surface area (Å²) in [7, 11) is 0. The van der Waals surface area contributed by atoms with Crippen LogP contribution < -0.4 is 0 Å². The maximum absolute atomic E-state index is 13.1. The van der Waals surface area contributed by atoms with Crippen LogP contribution in [0.4, 0.5) is 4.39 Å². The molecule has 138 valence electrons. The van der Waals surface area contributed by atoms with Crippen molar-refractivity contribution in [3.8, 4) is 0 Å². The lowest BCUT2D eigenvalue weighted by Crippen LogP contribution is -2.49. The number of piperidine rings is 1. The highest BCUT2D eigenvalue weighted by molar-refractivity contribution is 5.82. The molecule has 0 unspecified atom stereocenters. The van der Waals surface area contributed by atoms with Gasteiger partial charge in [-0.2, -0.15) is 0 Å². The number of rotatable bonds is 6. The van der Waals surface area contributed by atoms with Gasteiger partial charge in [-0.15, -0.1) is 0 Å². The van der Waals surface area contributed by atoms with Crippen LogP contribution >= 0.6 is 0 Å². The lowest BCUT2D eigenvalue weighted by Gasteiger charge is -2.36. The van der Waals surface area contributed by atoms with Crippen molar-refractivity contribution in [1.29, 1.82) is 0 Å². The highest BCUT2D eigenvalue weighted by Gasteiger charge is 2.35. The van der Waals surface area contributed by atoms with Crippen LogP contribution in [0.5, 0.6) is 0 Å². The zero-order valence-electron chi connectivity index (χ0n) is 15.1. The van der Waals surface area contributed by atoms with Gasteiger partial charge in [0.1, 0.15) is 5.82 Å². The highest BCUT2D eigenvalue weighted by Crippen LogP contribution is 2.25. The van der Waals surface area contributed by atoms with Gasteiger partial charge in [0.15, 0.2) is 0 Å². The van der Waals surface area contributed by atoms with Gasteiger partial charge in [0.25, 0.3) is 0 Å². The van der Waals surface area contributed by atoms with Crippen LogP contribution in [0.25, 0.3) is 0 Å². The third-order valence-corrected chi connectivity index (χ3v) is 5.34. The van der Waals surface area contributed by atoms with E-state index in [4.69, 9.17) is 4.74 Å². The van der Waals surface area contributed by atoms with Crippen molar-refractivity contribution in [2.24, 2.45) is 5.92 Å². The summed E-state index contributed by atoms with van der Waals surface area (Å²) < 4.78 is 18.6. The van der Waals surface area contributed by atoms with E-state index in [1.807, 2.05) is 24.0 Å². The maximum Gasteiger partial charge on any atom is 0.239 e. The smallest absolute Gasteiger partial charge is 0.239 e. The number of amides is 1. The molecule has 2 saturated heterocycles. The van der Waals surface area contributed by atoms with E-state index in [1.165, 1.54) is 12.1 Å². The lowest BCUT2D eigenvalue weighted by molar-refractivity contribution is -0.138. The minimum atomic E-state index is -0.216. The molecule has 2 fully saturated rings.